The molecule has 4 fully saturated rings. The summed E-state index contributed by atoms with van der Waals surface area (Å²) < 4.78 is 12.0. The molecule has 4 aliphatic rings. The Morgan fingerprint density at radius 3 is 2.36 bits per heavy atom. The lowest BCUT2D eigenvalue weighted by Gasteiger charge is -2.42. The molecule has 2 bridgehead atoms. The van der Waals surface area contributed by atoms with Crippen LogP contribution in [0.15, 0.2) is 30.5 Å². The number of fused-ring (bicyclic) bond motifs is 4. The highest BCUT2D eigenvalue weighted by atomic mass is 35.5. The van der Waals surface area contributed by atoms with E-state index in [1.54, 1.807) is 6.20 Å². The standard InChI is InChI=1S/C28H34Cl2N6O3/c1-16-8-28(9-17(2)12-35(28)11-16)15-38-25-32-22-20(10-31-23(30)21(22)29)24(33-25)34-13-18-6-7-19(14-34)36(18)26(37)39-27(3,4)5/h10,18-19H,1-2,6-9,11-15H2,3-5H3. The van der Waals surface area contributed by atoms with Crippen LogP contribution in [-0.4, -0.2) is 86.9 Å². The van der Waals surface area contributed by atoms with Crippen molar-refractivity contribution in [2.45, 2.75) is 69.7 Å². The number of anilines is 1. The molecule has 0 radical (unpaired) electrons. The van der Waals surface area contributed by atoms with Crippen LogP contribution in [0.5, 0.6) is 6.01 Å². The normalized spacial score (nSPS) is 24.5. The maximum absolute atomic E-state index is 13.0. The molecule has 2 aromatic rings. The van der Waals surface area contributed by atoms with Gasteiger partial charge in [-0.25, -0.2) is 9.78 Å². The van der Waals surface area contributed by atoms with Crippen molar-refractivity contribution in [3.8, 4) is 6.01 Å². The first kappa shape index (κ1) is 26.6. The van der Waals surface area contributed by atoms with Gasteiger partial charge in [-0.1, -0.05) is 47.5 Å². The molecule has 0 spiro atoms. The zero-order valence-electron chi connectivity index (χ0n) is 22.7. The van der Waals surface area contributed by atoms with Gasteiger partial charge in [-0.2, -0.15) is 9.97 Å². The smallest absolute Gasteiger partial charge is 0.410 e. The minimum atomic E-state index is -0.545. The van der Waals surface area contributed by atoms with Crippen LogP contribution in [0.25, 0.3) is 10.9 Å². The van der Waals surface area contributed by atoms with Crippen molar-refractivity contribution in [3.63, 3.8) is 0 Å². The Balaban J connectivity index is 1.30. The Labute approximate surface area is 238 Å². The fourth-order valence-corrected chi connectivity index (χ4v) is 6.98. The second kappa shape index (κ2) is 9.49. The maximum Gasteiger partial charge on any atom is 0.410 e. The summed E-state index contributed by atoms with van der Waals surface area (Å²) in [6.45, 7) is 17.4. The second-order valence-electron chi connectivity index (χ2n) is 12.4. The van der Waals surface area contributed by atoms with Crippen LogP contribution in [0.3, 0.4) is 0 Å². The molecule has 9 nitrogen and oxygen atoms in total. The van der Waals surface area contributed by atoms with Gasteiger partial charge in [0.05, 0.1) is 23.0 Å². The van der Waals surface area contributed by atoms with E-state index in [0.29, 0.717) is 36.4 Å². The van der Waals surface area contributed by atoms with Crippen molar-refractivity contribution < 1.29 is 14.3 Å². The number of nitrogens with zero attached hydrogens (tertiary/aromatic N) is 6. The van der Waals surface area contributed by atoms with Crippen LogP contribution < -0.4 is 9.64 Å². The van der Waals surface area contributed by atoms with Gasteiger partial charge in [-0.15, -0.1) is 0 Å². The first-order valence-corrected chi connectivity index (χ1v) is 14.2. The Kier molecular flexibility index (Phi) is 6.47. The largest absolute Gasteiger partial charge is 0.461 e. The van der Waals surface area contributed by atoms with Gasteiger partial charge in [-0.05, 0) is 46.5 Å². The fraction of sp³-hybridized carbons (Fsp3) is 0.571. The van der Waals surface area contributed by atoms with Crippen LogP contribution in [0, 0.1) is 0 Å². The van der Waals surface area contributed by atoms with E-state index in [0.717, 1.165) is 38.8 Å². The molecular formula is C28H34Cl2N6O3. The van der Waals surface area contributed by atoms with Crippen molar-refractivity contribution in [3.05, 3.63) is 40.7 Å². The van der Waals surface area contributed by atoms with Gasteiger partial charge in [-0.3, -0.25) is 9.80 Å². The lowest BCUT2D eigenvalue weighted by atomic mass is 9.92. The number of halogens is 2. The average Bonchev–Trinajstić information content (AvgIpc) is 3.42. The number of carbonyl (C=O) groups is 1. The summed E-state index contributed by atoms with van der Waals surface area (Å²) in [5.74, 6) is 0.683. The first-order chi connectivity index (χ1) is 18.4. The lowest BCUT2D eigenvalue weighted by Crippen LogP contribution is -2.57. The molecule has 6 heterocycles. The van der Waals surface area contributed by atoms with E-state index in [1.807, 2.05) is 25.7 Å². The van der Waals surface area contributed by atoms with Crippen LogP contribution in [0.2, 0.25) is 10.2 Å². The van der Waals surface area contributed by atoms with Crippen molar-refractivity contribution in [2.75, 3.05) is 37.7 Å². The van der Waals surface area contributed by atoms with Crippen molar-refractivity contribution in [1.29, 1.82) is 0 Å². The van der Waals surface area contributed by atoms with Gasteiger partial charge >= 0.3 is 12.1 Å². The highest BCUT2D eigenvalue weighted by Gasteiger charge is 2.48. The van der Waals surface area contributed by atoms with Crippen LogP contribution in [0.1, 0.15) is 46.5 Å². The molecule has 2 unspecified atom stereocenters. The molecule has 208 valence electrons. The number of pyridine rings is 1. The Morgan fingerprint density at radius 1 is 1.10 bits per heavy atom. The van der Waals surface area contributed by atoms with Gasteiger partial charge < -0.3 is 14.4 Å². The van der Waals surface area contributed by atoms with Crippen molar-refractivity contribution in [1.82, 2.24) is 24.8 Å². The third-order valence-corrected chi connectivity index (χ3v) is 8.86. The molecule has 4 saturated heterocycles. The van der Waals surface area contributed by atoms with Crippen molar-refractivity contribution in [2.24, 2.45) is 0 Å². The minimum absolute atomic E-state index is 0.0187. The fourth-order valence-electron chi connectivity index (χ4n) is 6.65. The number of aromatic nitrogens is 3. The number of carbonyl (C=O) groups excluding carboxylic acids is 1. The molecule has 4 aliphatic heterocycles. The van der Waals surface area contributed by atoms with Gasteiger partial charge in [0.15, 0.2) is 0 Å². The van der Waals surface area contributed by atoms with E-state index >= 15 is 0 Å². The predicted octanol–water partition coefficient (Wildman–Crippen LogP) is 5.26. The lowest BCUT2D eigenvalue weighted by molar-refractivity contribution is 0.0122. The molecular weight excluding hydrogens is 539 g/mol. The van der Waals surface area contributed by atoms with Gasteiger partial charge in [0, 0.05) is 32.4 Å². The molecule has 39 heavy (non-hydrogen) atoms. The Morgan fingerprint density at radius 2 is 1.74 bits per heavy atom. The zero-order chi connectivity index (χ0) is 27.7. The Bertz CT molecular complexity index is 1340. The van der Waals surface area contributed by atoms with E-state index in [2.05, 4.69) is 32.9 Å². The molecule has 0 aliphatic carbocycles. The molecule has 0 aromatic carbocycles. The van der Waals surface area contributed by atoms with E-state index in [1.165, 1.54) is 11.1 Å². The highest BCUT2D eigenvalue weighted by Crippen LogP contribution is 2.43. The maximum atomic E-state index is 13.0. The Hall–Kier alpha value is -2.62. The second-order valence-corrected chi connectivity index (χ2v) is 13.1. The molecule has 2 aromatic heterocycles. The number of ether oxygens (including phenoxy) is 2. The highest BCUT2D eigenvalue weighted by molar-refractivity contribution is 6.44. The van der Waals surface area contributed by atoms with E-state index < -0.39 is 5.60 Å². The number of amides is 1. The quantitative estimate of drug-likeness (QED) is 0.362. The van der Waals surface area contributed by atoms with Crippen molar-refractivity contribution >= 4 is 46.0 Å². The van der Waals surface area contributed by atoms with E-state index in [4.69, 9.17) is 37.7 Å². The topological polar surface area (TPSA) is 83.9 Å². The number of hydrogen-bond donors (Lipinski definition) is 0. The number of piperazine rings is 1. The van der Waals surface area contributed by atoms with E-state index in [9.17, 15) is 4.79 Å². The summed E-state index contributed by atoms with van der Waals surface area (Å²) in [5, 5.41) is 1.14. The summed E-state index contributed by atoms with van der Waals surface area (Å²) in [5.41, 5.74) is 2.18. The molecule has 0 saturated carbocycles. The predicted molar refractivity (Wildman–Crippen MR) is 152 cm³/mol. The van der Waals surface area contributed by atoms with Gasteiger partial charge in [0.25, 0.3) is 0 Å². The molecule has 1 amide bonds. The summed E-state index contributed by atoms with van der Waals surface area (Å²) in [7, 11) is 0. The van der Waals surface area contributed by atoms with Crippen LogP contribution in [-0.2, 0) is 4.74 Å². The number of rotatable bonds is 4. The molecule has 6 rings (SSSR count). The zero-order valence-corrected chi connectivity index (χ0v) is 24.2. The SMILES string of the molecule is C=C1CN2CC(=C)CC2(COc2nc(N3CC4CCC(C3)N4C(=O)OC(C)(C)C)c3cnc(Cl)c(Cl)c3n2)C1. The first-order valence-electron chi connectivity index (χ1n) is 13.4. The molecule has 11 heteroatoms. The summed E-state index contributed by atoms with van der Waals surface area (Å²) in [6.07, 6.45) is 4.93. The van der Waals surface area contributed by atoms with Crippen LogP contribution in [0.4, 0.5) is 10.6 Å². The van der Waals surface area contributed by atoms with Gasteiger partial charge in [0.1, 0.15) is 33.7 Å². The third kappa shape index (κ3) is 4.83. The summed E-state index contributed by atoms with van der Waals surface area (Å²) >= 11 is 12.9. The molecule has 2 atom stereocenters. The van der Waals surface area contributed by atoms with E-state index in [-0.39, 0.29) is 39.9 Å². The monoisotopic (exact) mass is 572 g/mol. The third-order valence-electron chi connectivity index (χ3n) is 8.11. The minimum Gasteiger partial charge on any atom is -0.461 e. The van der Waals surface area contributed by atoms with Gasteiger partial charge in [0.2, 0.25) is 0 Å². The summed E-state index contributed by atoms with van der Waals surface area (Å²) in [6, 6.07) is 0.281. The molecule has 0 N–H and O–H groups in total. The average molecular weight is 574 g/mol. The number of hydrogen-bond acceptors (Lipinski definition) is 8. The summed E-state index contributed by atoms with van der Waals surface area (Å²) in [4.78, 5) is 33.3. The van der Waals surface area contributed by atoms with Crippen LogP contribution >= 0.6 is 23.2 Å².